The van der Waals surface area contributed by atoms with Gasteiger partial charge in [0.2, 0.25) is 5.82 Å². The number of rotatable bonds is 5. The van der Waals surface area contributed by atoms with Crippen LogP contribution in [0.25, 0.3) is 11.5 Å². The first-order chi connectivity index (χ1) is 10.7. The van der Waals surface area contributed by atoms with Crippen molar-refractivity contribution < 1.29 is 14.4 Å². The minimum Gasteiger partial charge on any atom is -0.485 e. The van der Waals surface area contributed by atoms with Gasteiger partial charge < -0.3 is 14.4 Å². The molecule has 3 rings (SSSR count). The highest BCUT2D eigenvalue weighted by Gasteiger charge is 2.09. The van der Waals surface area contributed by atoms with Gasteiger partial charge in [-0.25, -0.2) is 0 Å². The summed E-state index contributed by atoms with van der Waals surface area (Å²) in [7, 11) is 0. The van der Waals surface area contributed by atoms with E-state index in [1.54, 1.807) is 36.4 Å². The molecule has 6 heteroatoms. The second-order valence-corrected chi connectivity index (χ2v) is 5.05. The van der Waals surface area contributed by atoms with Crippen LogP contribution in [0, 0.1) is 0 Å². The molecular formula is C16H13ClN2O3. The quantitative estimate of drug-likeness (QED) is 0.780. The first-order valence-electron chi connectivity index (χ1n) is 6.66. The molecule has 0 aliphatic heterocycles. The van der Waals surface area contributed by atoms with Crippen LogP contribution in [0.3, 0.4) is 0 Å². The average Bonchev–Trinajstić information content (AvgIpc) is 3.03. The van der Waals surface area contributed by atoms with E-state index in [-0.39, 0.29) is 13.2 Å². The molecular weight excluding hydrogens is 304 g/mol. The van der Waals surface area contributed by atoms with Crippen LogP contribution in [0.15, 0.2) is 53.1 Å². The number of halogens is 1. The maximum absolute atomic E-state index is 8.98. The first kappa shape index (κ1) is 14.6. The van der Waals surface area contributed by atoms with Crippen molar-refractivity contribution in [3.8, 4) is 17.2 Å². The van der Waals surface area contributed by atoms with E-state index in [0.717, 1.165) is 11.1 Å². The first-order valence-corrected chi connectivity index (χ1v) is 7.03. The molecule has 0 radical (unpaired) electrons. The number of aliphatic hydroxyl groups excluding tert-OH is 1. The van der Waals surface area contributed by atoms with Crippen LogP contribution in [0.2, 0.25) is 5.02 Å². The van der Waals surface area contributed by atoms with Crippen LogP contribution in [0.4, 0.5) is 0 Å². The fraction of sp³-hybridized carbons (Fsp3) is 0.125. The number of aliphatic hydroxyl groups is 1. The molecule has 0 amide bonds. The van der Waals surface area contributed by atoms with Crippen molar-refractivity contribution in [2.45, 2.75) is 13.2 Å². The molecule has 0 unspecified atom stereocenters. The SMILES string of the molecule is OCc1ccc(OCc2noc(-c3ccc(Cl)cc3)n2)cc1. The number of nitrogens with zero attached hydrogens (tertiary/aromatic N) is 2. The molecule has 0 fully saturated rings. The largest absolute Gasteiger partial charge is 0.485 e. The summed E-state index contributed by atoms with van der Waals surface area (Å²) in [5, 5.41) is 13.5. The van der Waals surface area contributed by atoms with Crippen molar-refractivity contribution in [3.05, 3.63) is 64.9 Å². The highest BCUT2D eigenvalue weighted by molar-refractivity contribution is 6.30. The Kier molecular flexibility index (Phi) is 4.37. The van der Waals surface area contributed by atoms with E-state index in [2.05, 4.69) is 10.1 Å². The van der Waals surface area contributed by atoms with Crippen LogP contribution in [0.5, 0.6) is 5.75 Å². The third-order valence-corrected chi connectivity index (χ3v) is 3.29. The van der Waals surface area contributed by atoms with Crippen LogP contribution in [0.1, 0.15) is 11.4 Å². The van der Waals surface area contributed by atoms with Gasteiger partial charge >= 0.3 is 0 Å². The molecule has 22 heavy (non-hydrogen) atoms. The molecule has 0 saturated carbocycles. The fourth-order valence-corrected chi connectivity index (χ4v) is 1.99. The third kappa shape index (κ3) is 3.44. The molecule has 1 N–H and O–H groups in total. The molecule has 0 saturated heterocycles. The summed E-state index contributed by atoms with van der Waals surface area (Å²) in [6.07, 6.45) is 0. The average molecular weight is 317 g/mol. The Bertz CT molecular complexity index is 739. The Hall–Kier alpha value is -2.37. The maximum atomic E-state index is 8.98. The summed E-state index contributed by atoms with van der Waals surface area (Å²) in [6.45, 7) is 0.213. The standard InChI is InChI=1S/C16H13ClN2O3/c17-13-5-3-12(4-6-13)16-18-15(19-22-16)10-21-14-7-1-11(9-20)2-8-14/h1-8,20H,9-10H2. The Morgan fingerprint density at radius 2 is 1.77 bits per heavy atom. The van der Waals surface area contributed by atoms with Crippen LogP contribution in [-0.4, -0.2) is 15.2 Å². The zero-order valence-electron chi connectivity index (χ0n) is 11.6. The van der Waals surface area contributed by atoms with Gasteiger partial charge in [-0.1, -0.05) is 28.9 Å². The summed E-state index contributed by atoms with van der Waals surface area (Å²) < 4.78 is 10.8. The van der Waals surface area contributed by atoms with Crippen molar-refractivity contribution in [3.63, 3.8) is 0 Å². The van der Waals surface area contributed by atoms with Crippen molar-refractivity contribution >= 4 is 11.6 Å². The van der Waals surface area contributed by atoms with Crippen molar-refractivity contribution in [1.82, 2.24) is 10.1 Å². The molecule has 2 aromatic carbocycles. The minimum absolute atomic E-state index is 0.00950. The molecule has 0 bridgehead atoms. The fourth-order valence-electron chi connectivity index (χ4n) is 1.86. The molecule has 0 aliphatic carbocycles. The topological polar surface area (TPSA) is 68.4 Å². The van der Waals surface area contributed by atoms with Gasteiger partial charge in [0.05, 0.1) is 6.61 Å². The summed E-state index contributed by atoms with van der Waals surface area (Å²) >= 11 is 5.84. The van der Waals surface area contributed by atoms with Gasteiger partial charge in [0.15, 0.2) is 6.61 Å². The van der Waals surface area contributed by atoms with Gasteiger partial charge in [-0.05, 0) is 42.0 Å². The second kappa shape index (κ2) is 6.60. The molecule has 0 atom stereocenters. The molecule has 1 heterocycles. The van der Waals surface area contributed by atoms with Gasteiger partial charge in [0.25, 0.3) is 5.89 Å². The lowest BCUT2D eigenvalue weighted by Gasteiger charge is -2.03. The van der Waals surface area contributed by atoms with E-state index < -0.39 is 0 Å². The van der Waals surface area contributed by atoms with E-state index in [9.17, 15) is 0 Å². The summed E-state index contributed by atoms with van der Waals surface area (Å²) in [6, 6.07) is 14.3. The zero-order valence-corrected chi connectivity index (χ0v) is 12.3. The van der Waals surface area contributed by atoms with E-state index >= 15 is 0 Å². The minimum atomic E-state index is 0.00950. The van der Waals surface area contributed by atoms with Gasteiger partial charge in [-0.3, -0.25) is 0 Å². The van der Waals surface area contributed by atoms with Crippen LogP contribution >= 0.6 is 11.6 Å². The number of hydrogen-bond acceptors (Lipinski definition) is 5. The van der Waals surface area contributed by atoms with Crippen molar-refractivity contribution in [2.75, 3.05) is 0 Å². The van der Waals surface area contributed by atoms with Crippen LogP contribution < -0.4 is 4.74 Å². The van der Waals surface area contributed by atoms with Crippen LogP contribution in [-0.2, 0) is 13.2 Å². The number of hydrogen-bond donors (Lipinski definition) is 1. The van der Waals surface area contributed by atoms with Gasteiger partial charge in [-0.15, -0.1) is 0 Å². The van der Waals surface area contributed by atoms with Crippen molar-refractivity contribution in [1.29, 1.82) is 0 Å². The summed E-state index contributed by atoms with van der Waals surface area (Å²) in [5.74, 6) is 1.55. The second-order valence-electron chi connectivity index (χ2n) is 4.61. The summed E-state index contributed by atoms with van der Waals surface area (Å²) in [4.78, 5) is 4.27. The Morgan fingerprint density at radius 3 is 2.45 bits per heavy atom. The molecule has 3 aromatic rings. The van der Waals surface area contributed by atoms with Gasteiger partial charge in [-0.2, -0.15) is 4.98 Å². The van der Waals surface area contributed by atoms with E-state index in [1.165, 1.54) is 0 Å². The highest BCUT2D eigenvalue weighted by atomic mass is 35.5. The van der Waals surface area contributed by atoms with E-state index in [0.29, 0.717) is 22.5 Å². The maximum Gasteiger partial charge on any atom is 0.258 e. The number of aromatic nitrogens is 2. The smallest absolute Gasteiger partial charge is 0.258 e. The Labute approximate surface area is 132 Å². The highest BCUT2D eigenvalue weighted by Crippen LogP contribution is 2.20. The predicted molar refractivity (Wildman–Crippen MR) is 81.4 cm³/mol. The van der Waals surface area contributed by atoms with E-state index in [1.807, 2.05) is 12.1 Å². The Balaban J connectivity index is 1.65. The lowest BCUT2D eigenvalue weighted by molar-refractivity contribution is 0.279. The predicted octanol–water partition coefficient (Wildman–Crippen LogP) is 3.46. The Morgan fingerprint density at radius 1 is 1.05 bits per heavy atom. The molecule has 0 aliphatic rings. The van der Waals surface area contributed by atoms with Crippen molar-refractivity contribution in [2.24, 2.45) is 0 Å². The monoisotopic (exact) mass is 316 g/mol. The molecule has 5 nitrogen and oxygen atoms in total. The molecule has 0 spiro atoms. The summed E-state index contributed by atoms with van der Waals surface area (Å²) in [5.41, 5.74) is 1.63. The van der Waals surface area contributed by atoms with E-state index in [4.69, 9.17) is 26.0 Å². The zero-order chi connectivity index (χ0) is 15.4. The van der Waals surface area contributed by atoms with Gasteiger partial charge in [0, 0.05) is 10.6 Å². The molecule has 1 aromatic heterocycles. The normalized spacial score (nSPS) is 10.6. The lowest BCUT2D eigenvalue weighted by Crippen LogP contribution is -1.97. The lowest BCUT2D eigenvalue weighted by atomic mass is 10.2. The number of benzene rings is 2. The number of ether oxygens (including phenoxy) is 1. The molecule has 112 valence electrons. The third-order valence-electron chi connectivity index (χ3n) is 3.03. The van der Waals surface area contributed by atoms with Gasteiger partial charge in [0.1, 0.15) is 5.75 Å².